The van der Waals surface area contributed by atoms with E-state index >= 15 is 0 Å². The first-order chi connectivity index (χ1) is 9.84. The van der Waals surface area contributed by atoms with Gasteiger partial charge in [-0.15, -0.1) is 11.3 Å². The standard InChI is InChI=1S/C14H13F3N2OS/c1-2-19-13(20)11-10(7-21-12(11)18)8-3-5-9(6-4-8)14(15,16)17/h3-7H,2,18H2,1H3,(H,19,20). The normalized spacial score (nSPS) is 11.4. The van der Waals surface area contributed by atoms with Crippen molar-refractivity contribution < 1.29 is 18.0 Å². The second-order valence-electron chi connectivity index (χ2n) is 4.32. The Morgan fingerprint density at radius 3 is 2.43 bits per heavy atom. The fraction of sp³-hybridized carbons (Fsp3) is 0.214. The molecule has 0 unspecified atom stereocenters. The van der Waals surface area contributed by atoms with Crippen molar-refractivity contribution >= 4 is 22.2 Å². The average molecular weight is 314 g/mol. The number of amides is 1. The average Bonchev–Trinajstić information content (AvgIpc) is 2.80. The van der Waals surface area contributed by atoms with Crippen LogP contribution in [0.1, 0.15) is 22.8 Å². The third-order valence-electron chi connectivity index (χ3n) is 2.91. The van der Waals surface area contributed by atoms with Gasteiger partial charge in [-0.05, 0) is 24.6 Å². The molecular formula is C14H13F3N2OS. The third-order valence-corrected chi connectivity index (χ3v) is 3.72. The number of halogens is 3. The molecule has 1 aromatic heterocycles. The lowest BCUT2D eigenvalue weighted by molar-refractivity contribution is -0.137. The van der Waals surface area contributed by atoms with Crippen LogP contribution < -0.4 is 11.1 Å². The molecule has 3 N–H and O–H groups in total. The van der Waals surface area contributed by atoms with E-state index in [-0.39, 0.29) is 5.91 Å². The number of benzene rings is 1. The van der Waals surface area contributed by atoms with Crippen LogP contribution in [-0.4, -0.2) is 12.5 Å². The van der Waals surface area contributed by atoms with Crippen molar-refractivity contribution in [3.05, 3.63) is 40.8 Å². The summed E-state index contributed by atoms with van der Waals surface area (Å²) in [6.45, 7) is 2.22. The largest absolute Gasteiger partial charge is 0.416 e. The van der Waals surface area contributed by atoms with Crippen molar-refractivity contribution in [1.82, 2.24) is 5.32 Å². The monoisotopic (exact) mass is 314 g/mol. The minimum atomic E-state index is -4.38. The van der Waals surface area contributed by atoms with E-state index in [1.54, 1.807) is 12.3 Å². The number of nitrogens with one attached hydrogen (secondary N) is 1. The van der Waals surface area contributed by atoms with Crippen LogP contribution in [0.4, 0.5) is 18.2 Å². The minimum absolute atomic E-state index is 0.307. The molecular weight excluding hydrogens is 301 g/mol. The molecule has 0 aliphatic rings. The maximum atomic E-state index is 12.6. The number of carbonyl (C=O) groups is 1. The first-order valence-corrected chi connectivity index (χ1v) is 7.05. The molecule has 0 fully saturated rings. The van der Waals surface area contributed by atoms with Crippen LogP contribution >= 0.6 is 11.3 Å². The molecule has 0 aliphatic heterocycles. The SMILES string of the molecule is CCNC(=O)c1c(-c2ccc(C(F)(F)F)cc2)csc1N. The first-order valence-electron chi connectivity index (χ1n) is 6.17. The summed E-state index contributed by atoms with van der Waals surface area (Å²) in [6, 6.07) is 4.66. The summed E-state index contributed by atoms with van der Waals surface area (Å²) in [7, 11) is 0. The number of anilines is 1. The molecule has 0 bridgehead atoms. The quantitative estimate of drug-likeness (QED) is 0.906. The van der Waals surface area contributed by atoms with Gasteiger partial charge in [0.2, 0.25) is 0 Å². The molecule has 0 spiro atoms. The van der Waals surface area contributed by atoms with Crippen molar-refractivity contribution in [1.29, 1.82) is 0 Å². The summed E-state index contributed by atoms with van der Waals surface area (Å²) in [5.41, 5.74) is 6.43. The van der Waals surface area contributed by atoms with Gasteiger partial charge in [0.25, 0.3) is 5.91 Å². The Bertz CT molecular complexity index is 647. The van der Waals surface area contributed by atoms with Crippen LogP contribution in [0.5, 0.6) is 0 Å². The van der Waals surface area contributed by atoms with Crippen LogP contribution in [0.15, 0.2) is 29.6 Å². The van der Waals surface area contributed by atoms with Crippen LogP contribution in [0, 0.1) is 0 Å². The van der Waals surface area contributed by atoms with Crippen LogP contribution in [0.2, 0.25) is 0 Å². The molecule has 2 rings (SSSR count). The minimum Gasteiger partial charge on any atom is -0.390 e. The molecule has 21 heavy (non-hydrogen) atoms. The molecule has 1 aromatic carbocycles. The summed E-state index contributed by atoms with van der Waals surface area (Å²) in [5.74, 6) is -0.328. The molecule has 0 saturated heterocycles. The Morgan fingerprint density at radius 1 is 1.29 bits per heavy atom. The molecule has 112 valence electrons. The lowest BCUT2D eigenvalue weighted by Crippen LogP contribution is -2.23. The number of hydrogen-bond donors (Lipinski definition) is 2. The predicted octanol–water partition coefficient (Wildman–Crippen LogP) is 3.77. The van der Waals surface area contributed by atoms with E-state index in [4.69, 9.17) is 5.73 Å². The molecule has 0 saturated carbocycles. The van der Waals surface area contributed by atoms with Gasteiger partial charge >= 0.3 is 6.18 Å². The van der Waals surface area contributed by atoms with Crippen molar-refractivity contribution in [3.63, 3.8) is 0 Å². The summed E-state index contributed by atoms with van der Waals surface area (Å²) in [6.07, 6.45) is -4.38. The van der Waals surface area contributed by atoms with Crippen molar-refractivity contribution in [2.75, 3.05) is 12.3 Å². The van der Waals surface area contributed by atoms with Crippen molar-refractivity contribution in [2.45, 2.75) is 13.1 Å². The highest BCUT2D eigenvalue weighted by Gasteiger charge is 2.30. The lowest BCUT2D eigenvalue weighted by atomic mass is 10.0. The zero-order chi connectivity index (χ0) is 15.6. The number of thiophene rings is 1. The van der Waals surface area contributed by atoms with Crippen LogP contribution in [0.25, 0.3) is 11.1 Å². The van der Waals surface area contributed by atoms with Gasteiger partial charge in [0.15, 0.2) is 0 Å². The van der Waals surface area contributed by atoms with Crippen LogP contribution in [-0.2, 0) is 6.18 Å². The molecule has 0 aliphatic carbocycles. The zero-order valence-electron chi connectivity index (χ0n) is 11.1. The smallest absolute Gasteiger partial charge is 0.390 e. The number of carbonyl (C=O) groups excluding carboxylic acids is 1. The number of hydrogen-bond acceptors (Lipinski definition) is 3. The Hall–Kier alpha value is -2.02. The highest BCUT2D eigenvalue weighted by Crippen LogP contribution is 2.35. The van der Waals surface area contributed by atoms with Gasteiger partial charge in [-0.25, -0.2) is 0 Å². The second-order valence-corrected chi connectivity index (χ2v) is 5.23. The molecule has 0 radical (unpaired) electrons. The van der Waals surface area contributed by atoms with Gasteiger partial charge in [-0.3, -0.25) is 4.79 Å². The topological polar surface area (TPSA) is 55.1 Å². The maximum Gasteiger partial charge on any atom is 0.416 e. The molecule has 2 aromatic rings. The highest BCUT2D eigenvalue weighted by molar-refractivity contribution is 7.15. The Kier molecular flexibility index (Phi) is 4.22. The Balaban J connectivity index is 2.41. The second kappa shape index (κ2) is 5.77. The molecule has 1 heterocycles. The molecule has 0 atom stereocenters. The van der Waals surface area contributed by atoms with Gasteiger partial charge < -0.3 is 11.1 Å². The van der Waals surface area contributed by atoms with Crippen LogP contribution in [0.3, 0.4) is 0 Å². The van der Waals surface area contributed by atoms with Crippen molar-refractivity contribution in [2.24, 2.45) is 0 Å². The van der Waals surface area contributed by atoms with E-state index in [9.17, 15) is 18.0 Å². The van der Waals surface area contributed by atoms with Gasteiger partial charge in [0, 0.05) is 17.5 Å². The summed E-state index contributed by atoms with van der Waals surface area (Å²) in [4.78, 5) is 12.0. The van der Waals surface area contributed by atoms with E-state index in [1.165, 1.54) is 23.5 Å². The number of rotatable bonds is 3. The summed E-state index contributed by atoms with van der Waals surface area (Å²) < 4.78 is 37.7. The molecule has 1 amide bonds. The van der Waals surface area contributed by atoms with Crippen molar-refractivity contribution in [3.8, 4) is 11.1 Å². The predicted molar refractivity (Wildman–Crippen MR) is 77.2 cm³/mol. The van der Waals surface area contributed by atoms with E-state index in [0.717, 1.165) is 12.1 Å². The number of alkyl halides is 3. The summed E-state index contributed by atoms with van der Waals surface area (Å²) in [5, 5.41) is 4.65. The van der Waals surface area contributed by atoms with E-state index in [0.29, 0.717) is 28.2 Å². The number of nitrogen functional groups attached to an aromatic ring is 1. The van der Waals surface area contributed by atoms with Gasteiger partial charge in [-0.2, -0.15) is 13.2 Å². The van der Waals surface area contributed by atoms with E-state index in [2.05, 4.69) is 5.32 Å². The fourth-order valence-corrected chi connectivity index (χ4v) is 2.73. The highest BCUT2D eigenvalue weighted by atomic mass is 32.1. The molecule has 7 heteroatoms. The zero-order valence-corrected chi connectivity index (χ0v) is 11.9. The van der Waals surface area contributed by atoms with E-state index in [1.807, 2.05) is 0 Å². The van der Waals surface area contributed by atoms with Gasteiger partial charge in [0.05, 0.1) is 16.1 Å². The lowest BCUT2D eigenvalue weighted by Gasteiger charge is -2.09. The maximum absolute atomic E-state index is 12.6. The first kappa shape index (κ1) is 15.4. The van der Waals surface area contributed by atoms with E-state index < -0.39 is 11.7 Å². The van der Waals surface area contributed by atoms with Gasteiger partial charge in [-0.1, -0.05) is 12.1 Å². The summed E-state index contributed by atoms with van der Waals surface area (Å²) >= 11 is 1.18. The third kappa shape index (κ3) is 3.18. The molecule has 3 nitrogen and oxygen atoms in total. The fourth-order valence-electron chi connectivity index (χ4n) is 1.91. The Morgan fingerprint density at radius 2 is 1.90 bits per heavy atom. The number of nitrogens with two attached hydrogens (primary N) is 1. The van der Waals surface area contributed by atoms with Gasteiger partial charge in [0.1, 0.15) is 0 Å². The Labute approximate surface area is 123 Å².